The zero-order valence-corrected chi connectivity index (χ0v) is 12.9. The summed E-state index contributed by atoms with van der Waals surface area (Å²) >= 11 is 0. The number of nitrogens with one attached hydrogen (secondary N) is 1. The lowest BCUT2D eigenvalue weighted by molar-refractivity contribution is 0.267. The number of benzene rings is 1. The van der Waals surface area contributed by atoms with Gasteiger partial charge in [-0.15, -0.1) is 0 Å². The zero-order chi connectivity index (χ0) is 14.7. The molecule has 1 fully saturated rings. The number of rotatable bonds is 4. The molecular formula is C17H24N4. The molecule has 4 heteroatoms. The third kappa shape index (κ3) is 3.43. The first-order valence-electron chi connectivity index (χ1n) is 7.94. The van der Waals surface area contributed by atoms with Crippen molar-refractivity contribution in [1.29, 1.82) is 0 Å². The summed E-state index contributed by atoms with van der Waals surface area (Å²) < 4.78 is 1.78. The number of hydrogen-bond acceptors (Lipinski definition) is 3. The van der Waals surface area contributed by atoms with Gasteiger partial charge in [-0.25, -0.2) is 9.67 Å². The summed E-state index contributed by atoms with van der Waals surface area (Å²) in [6.07, 6.45) is 8.55. The molecule has 0 aliphatic heterocycles. The molecular weight excluding hydrogens is 260 g/mol. The minimum atomic E-state index is 0.622. The van der Waals surface area contributed by atoms with E-state index in [9.17, 15) is 0 Å². The summed E-state index contributed by atoms with van der Waals surface area (Å²) in [5, 5.41) is 7.81. The molecule has 0 amide bonds. The van der Waals surface area contributed by atoms with Crippen molar-refractivity contribution in [2.75, 3.05) is 5.32 Å². The van der Waals surface area contributed by atoms with Crippen LogP contribution in [-0.4, -0.2) is 20.8 Å². The van der Waals surface area contributed by atoms with Crippen molar-refractivity contribution in [3.05, 3.63) is 36.9 Å². The number of aromatic nitrogens is 3. The lowest BCUT2D eigenvalue weighted by Crippen LogP contribution is -2.27. The highest BCUT2D eigenvalue weighted by Gasteiger charge is 2.22. The van der Waals surface area contributed by atoms with Crippen LogP contribution in [0.2, 0.25) is 0 Å². The Morgan fingerprint density at radius 3 is 2.38 bits per heavy atom. The SMILES string of the molecule is CC(C)C1CCC(Nc2ccc(-n3cncn3)cc2)CC1. The van der Waals surface area contributed by atoms with Gasteiger partial charge in [0.25, 0.3) is 0 Å². The Balaban J connectivity index is 1.57. The van der Waals surface area contributed by atoms with Crippen molar-refractivity contribution >= 4 is 5.69 Å². The van der Waals surface area contributed by atoms with Gasteiger partial charge in [-0.2, -0.15) is 5.10 Å². The quantitative estimate of drug-likeness (QED) is 0.926. The van der Waals surface area contributed by atoms with Crippen LogP contribution in [0, 0.1) is 11.8 Å². The lowest BCUT2D eigenvalue weighted by Gasteiger charge is -2.31. The van der Waals surface area contributed by atoms with Gasteiger partial charge in [0, 0.05) is 11.7 Å². The van der Waals surface area contributed by atoms with Crippen LogP contribution in [-0.2, 0) is 0 Å². The molecule has 1 aromatic carbocycles. The minimum absolute atomic E-state index is 0.622. The summed E-state index contributed by atoms with van der Waals surface area (Å²) in [7, 11) is 0. The Morgan fingerprint density at radius 1 is 1.10 bits per heavy atom. The van der Waals surface area contributed by atoms with Gasteiger partial charge in [-0.3, -0.25) is 0 Å². The Morgan fingerprint density at radius 2 is 1.81 bits per heavy atom. The average Bonchev–Trinajstić information content (AvgIpc) is 3.03. The van der Waals surface area contributed by atoms with Crippen molar-refractivity contribution < 1.29 is 0 Å². The number of anilines is 1. The predicted octanol–water partition coefficient (Wildman–Crippen LogP) is 3.89. The molecule has 4 nitrogen and oxygen atoms in total. The van der Waals surface area contributed by atoms with Crippen molar-refractivity contribution in [1.82, 2.24) is 14.8 Å². The van der Waals surface area contributed by atoms with Gasteiger partial charge < -0.3 is 5.32 Å². The van der Waals surface area contributed by atoms with E-state index in [4.69, 9.17) is 0 Å². The van der Waals surface area contributed by atoms with Crippen LogP contribution < -0.4 is 5.32 Å². The molecule has 0 radical (unpaired) electrons. The fourth-order valence-electron chi connectivity index (χ4n) is 3.22. The van der Waals surface area contributed by atoms with Gasteiger partial charge in [0.2, 0.25) is 0 Å². The van der Waals surface area contributed by atoms with Gasteiger partial charge >= 0.3 is 0 Å². The fraction of sp³-hybridized carbons (Fsp3) is 0.529. The second kappa shape index (κ2) is 6.29. The van der Waals surface area contributed by atoms with Crippen molar-refractivity contribution in [3.63, 3.8) is 0 Å². The van der Waals surface area contributed by atoms with Crippen LogP contribution in [0.15, 0.2) is 36.9 Å². The van der Waals surface area contributed by atoms with Crippen LogP contribution >= 0.6 is 0 Å². The normalized spacial score (nSPS) is 22.4. The van der Waals surface area contributed by atoms with Crippen LogP contribution in [0.3, 0.4) is 0 Å². The maximum absolute atomic E-state index is 4.14. The Hall–Kier alpha value is -1.84. The highest BCUT2D eigenvalue weighted by Crippen LogP contribution is 2.31. The van der Waals surface area contributed by atoms with E-state index >= 15 is 0 Å². The van der Waals surface area contributed by atoms with Gasteiger partial charge in [-0.05, 0) is 61.8 Å². The largest absolute Gasteiger partial charge is 0.382 e. The molecule has 2 aromatic rings. The van der Waals surface area contributed by atoms with E-state index < -0.39 is 0 Å². The lowest BCUT2D eigenvalue weighted by atomic mass is 9.79. The third-order valence-electron chi connectivity index (χ3n) is 4.64. The molecule has 1 heterocycles. The monoisotopic (exact) mass is 284 g/mol. The molecule has 1 saturated carbocycles. The first-order chi connectivity index (χ1) is 10.2. The van der Waals surface area contributed by atoms with Crippen molar-refractivity contribution in [3.8, 4) is 5.69 Å². The first kappa shape index (κ1) is 14.1. The standard InChI is InChI=1S/C17H24N4/c1-13(2)14-3-5-15(6-4-14)20-16-7-9-17(10-8-16)21-12-18-11-19-21/h7-15,20H,3-6H2,1-2H3. The Labute approximate surface area is 126 Å². The van der Waals surface area contributed by atoms with Crippen molar-refractivity contribution in [2.45, 2.75) is 45.6 Å². The second-order valence-corrected chi connectivity index (χ2v) is 6.39. The Bertz CT molecular complexity index is 537. The maximum Gasteiger partial charge on any atom is 0.138 e. The molecule has 0 spiro atoms. The van der Waals surface area contributed by atoms with E-state index in [2.05, 4.69) is 53.5 Å². The average molecular weight is 284 g/mol. The highest BCUT2D eigenvalue weighted by molar-refractivity contribution is 5.49. The van der Waals surface area contributed by atoms with Crippen LogP contribution in [0.5, 0.6) is 0 Å². The molecule has 1 N–H and O–H groups in total. The van der Waals surface area contributed by atoms with E-state index in [1.807, 2.05) is 0 Å². The van der Waals surface area contributed by atoms with E-state index in [0.29, 0.717) is 6.04 Å². The van der Waals surface area contributed by atoms with Crippen LogP contribution in [0.1, 0.15) is 39.5 Å². The smallest absolute Gasteiger partial charge is 0.138 e. The summed E-state index contributed by atoms with van der Waals surface area (Å²) in [6, 6.07) is 9.04. The molecule has 0 bridgehead atoms. The maximum atomic E-state index is 4.14. The van der Waals surface area contributed by atoms with E-state index in [1.165, 1.54) is 31.4 Å². The molecule has 0 unspecified atom stereocenters. The molecule has 0 saturated heterocycles. The molecule has 3 rings (SSSR count). The highest BCUT2D eigenvalue weighted by atomic mass is 15.3. The minimum Gasteiger partial charge on any atom is -0.382 e. The molecule has 112 valence electrons. The van der Waals surface area contributed by atoms with E-state index in [-0.39, 0.29) is 0 Å². The third-order valence-corrected chi connectivity index (χ3v) is 4.64. The molecule has 0 atom stereocenters. The van der Waals surface area contributed by atoms with Crippen LogP contribution in [0.25, 0.3) is 5.69 Å². The fourth-order valence-corrected chi connectivity index (χ4v) is 3.22. The number of nitrogens with zero attached hydrogens (tertiary/aromatic N) is 3. The Kier molecular flexibility index (Phi) is 4.23. The van der Waals surface area contributed by atoms with Gasteiger partial charge in [0.05, 0.1) is 5.69 Å². The molecule has 1 aliphatic carbocycles. The topological polar surface area (TPSA) is 42.7 Å². The number of hydrogen-bond donors (Lipinski definition) is 1. The van der Waals surface area contributed by atoms with Crippen molar-refractivity contribution in [2.24, 2.45) is 11.8 Å². The van der Waals surface area contributed by atoms with E-state index in [0.717, 1.165) is 17.5 Å². The van der Waals surface area contributed by atoms with Crippen LogP contribution in [0.4, 0.5) is 5.69 Å². The first-order valence-corrected chi connectivity index (χ1v) is 7.94. The summed E-state index contributed by atoms with van der Waals surface area (Å²) in [5.74, 6) is 1.74. The predicted molar refractivity (Wildman–Crippen MR) is 85.6 cm³/mol. The van der Waals surface area contributed by atoms with Gasteiger partial charge in [0.15, 0.2) is 0 Å². The van der Waals surface area contributed by atoms with Gasteiger partial charge in [-0.1, -0.05) is 13.8 Å². The summed E-state index contributed by atoms with van der Waals surface area (Å²) in [4.78, 5) is 3.97. The summed E-state index contributed by atoms with van der Waals surface area (Å²) in [6.45, 7) is 4.70. The molecule has 1 aromatic heterocycles. The zero-order valence-electron chi connectivity index (χ0n) is 12.9. The molecule has 21 heavy (non-hydrogen) atoms. The molecule has 1 aliphatic rings. The summed E-state index contributed by atoms with van der Waals surface area (Å²) in [5.41, 5.74) is 2.24. The van der Waals surface area contributed by atoms with Gasteiger partial charge in [0.1, 0.15) is 12.7 Å². The van der Waals surface area contributed by atoms with E-state index in [1.54, 1.807) is 17.3 Å². The second-order valence-electron chi connectivity index (χ2n) is 6.39.